The minimum absolute atomic E-state index is 0.346. The van der Waals surface area contributed by atoms with Crippen molar-refractivity contribution in [3.63, 3.8) is 0 Å². The molecule has 0 unspecified atom stereocenters. The van der Waals surface area contributed by atoms with Crippen molar-refractivity contribution in [2.75, 3.05) is 0 Å². The summed E-state index contributed by atoms with van der Waals surface area (Å²) in [7, 11) is 0. The van der Waals surface area contributed by atoms with Gasteiger partial charge in [-0.1, -0.05) is 30.3 Å². The van der Waals surface area contributed by atoms with Crippen LogP contribution < -0.4 is 0 Å². The smallest absolute Gasteiger partial charge is 0.135 e. The van der Waals surface area contributed by atoms with Crippen LogP contribution in [0.15, 0.2) is 48.5 Å². The van der Waals surface area contributed by atoms with Gasteiger partial charge in [0.05, 0.1) is 15.8 Å². The van der Waals surface area contributed by atoms with Gasteiger partial charge >= 0.3 is 0 Å². The number of benzene rings is 2. The molecule has 0 fully saturated rings. The van der Waals surface area contributed by atoms with E-state index in [4.69, 9.17) is 0 Å². The van der Waals surface area contributed by atoms with Crippen LogP contribution in [0.1, 0.15) is 10.6 Å². The van der Waals surface area contributed by atoms with Crippen LogP contribution in [0, 0.1) is 17.1 Å². The predicted octanol–water partition coefficient (Wildman–Crippen LogP) is 4.50. The summed E-state index contributed by atoms with van der Waals surface area (Å²) in [6.07, 6.45) is 1.53. The van der Waals surface area contributed by atoms with Gasteiger partial charge in [0.1, 0.15) is 16.9 Å². The van der Waals surface area contributed by atoms with Gasteiger partial charge in [-0.05, 0) is 24.3 Å². The van der Waals surface area contributed by atoms with Gasteiger partial charge in [-0.25, -0.2) is 9.37 Å². The second kappa shape index (κ2) is 5.24. The molecule has 3 rings (SSSR count). The Morgan fingerprint density at radius 1 is 1.15 bits per heavy atom. The lowest BCUT2D eigenvalue weighted by molar-refractivity contribution is 0.625. The Hall–Kier alpha value is -2.51. The molecule has 3 aromatic rings. The van der Waals surface area contributed by atoms with Gasteiger partial charge in [-0.2, -0.15) is 5.26 Å². The number of thiazole rings is 1. The molecule has 0 bridgehead atoms. The predicted molar refractivity (Wildman–Crippen MR) is 79.5 cm³/mol. The van der Waals surface area contributed by atoms with Crippen molar-refractivity contribution in [1.29, 1.82) is 5.26 Å². The summed E-state index contributed by atoms with van der Waals surface area (Å²) < 4.78 is 14.6. The number of fused-ring (bicyclic) bond motifs is 1. The van der Waals surface area contributed by atoms with Crippen LogP contribution >= 0.6 is 11.3 Å². The first-order chi connectivity index (χ1) is 9.78. The Kier molecular flexibility index (Phi) is 3.28. The zero-order chi connectivity index (χ0) is 13.9. The van der Waals surface area contributed by atoms with Crippen molar-refractivity contribution in [1.82, 2.24) is 4.98 Å². The van der Waals surface area contributed by atoms with Crippen LogP contribution in [0.3, 0.4) is 0 Å². The highest BCUT2D eigenvalue weighted by Gasteiger charge is 2.09. The average Bonchev–Trinajstić information content (AvgIpc) is 2.90. The average molecular weight is 280 g/mol. The summed E-state index contributed by atoms with van der Waals surface area (Å²) in [5, 5.41) is 9.89. The summed E-state index contributed by atoms with van der Waals surface area (Å²) in [5.41, 5.74) is 1.61. The zero-order valence-electron chi connectivity index (χ0n) is 10.4. The molecular weight excluding hydrogens is 271 g/mol. The van der Waals surface area contributed by atoms with Crippen LogP contribution in [-0.2, 0) is 0 Å². The number of hydrogen-bond acceptors (Lipinski definition) is 3. The van der Waals surface area contributed by atoms with E-state index >= 15 is 0 Å². The molecule has 1 aromatic heterocycles. The maximum atomic E-state index is 13.6. The zero-order valence-corrected chi connectivity index (χ0v) is 11.2. The third kappa shape index (κ3) is 2.31. The molecule has 4 heteroatoms. The molecule has 0 saturated heterocycles. The molecule has 0 spiro atoms. The Balaban J connectivity index is 2.10. The highest BCUT2D eigenvalue weighted by molar-refractivity contribution is 7.19. The Morgan fingerprint density at radius 3 is 2.65 bits per heavy atom. The molecule has 2 aromatic carbocycles. The van der Waals surface area contributed by atoms with Crippen LogP contribution in [0.2, 0.25) is 0 Å². The third-order valence-corrected chi connectivity index (χ3v) is 3.92. The lowest BCUT2D eigenvalue weighted by Gasteiger charge is -1.96. The maximum absolute atomic E-state index is 13.6. The molecule has 0 aliphatic rings. The minimum Gasteiger partial charge on any atom is -0.235 e. The molecule has 0 amide bonds. The molecule has 20 heavy (non-hydrogen) atoms. The van der Waals surface area contributed by atoms with Gasteiger partial charge in [-0.15, -0.1) is 11.3 Å². The van der Waals surface area contributed by atoms with Gasteiger partial charge < -0.3 is 0 Å². The van der Waals surface area contributed by atoms with Gasteiger partial charge in [0.15, 0.2) is 0 Å². The Morgan fingerprint density at radius 2 is 1.90 bits per heavy atom. The van der Waals surface area contributed by atoms with E-state index < -0.39 is 0 Å². The monoisotopic (exact) mass is 280 g/mol. The van der Waals surface area contributed by atoms with Crippen LogP contribution in [-0.4, -0.2) is 4.98 Å². The fourth-order valence-corrected chi connectivity index (χ4v) is 2.81. The normalized spacial score (nSPS) is 11.5. The van der Waals surface area contributed by atoms with Crippen LogP contribution in [0.25, 0.3) is 21.9 Å². The SMILES string of the molecule is N#CC(=Cc1ccccc1F)c1nc2ccccc2s1. The van der Waals surface area contributed by atoms with E-state index in [1.807, 2.05) is 24.3 Å². The van der Waals surface area contributed by atoms with Crippen LogP contribution in [0.4, 0.5) is 4.39 Å². The molecule has 0 aliphatic carbocycles. The van der Waals surface area contributed by atoms with E-state index in [1.165, 1.54) is 23.5 Å². The van der Waals surface area contributed by atoms with E-state index in [9.17, 15) is 9.65 Å². The number of halogens is 1. The quantitative estimate of drug-likeness (QED) is 0.648. The molecule has 96 valence electrons. The number of allylic oxidation sites excluding steroid dienone is 1. The van der Waals surface area contributed by atoms with Crippen LogP contribution in [0.5, 0.6) is 0 Å². The Bertz CT molecular complexity index is 810. The van der Waals surface area contributed by atoms with Gasteiger partial charge in [-0.3, -0.25) is 0 Å². The van der Waals surface area contributed by atoms with Gasteiger partial charge in [0.2, 0.25) is 0 Å². The van der Waals surface area contributed by atoms with Crippen molar-refractivity contribution >= 4 is 33.2 Å². The summed E-state index contributed by atoms with van der Waals surface area (Å²) in [4.78, 5) is 4.42. The molecule has 2 nitrogen and oxygen atoms in total. The largest absolute Gasteiger partial charge is 0.235 e. The van der Waals surface area contributed by atoms with E-state index in [0.29, 0.717) is 16.1 Å². The lowest BCUT2D eigenvalue weighted by Crippen LogP contribution is -1.84. The number of rotatable bonds is 2. The summed E-state index contributed by atoms with van der Waals surface area (Å²) >= 11 is 1.43. The van der Waals surface area contributed by atoms with E-state index in [2.05, 4.69) is 11.1 Å². The molecule has 0 radical (unpaired) electrons. The van der Waals surface area contributed by atoms with Crippen molar-refractivity contribution in [2.24, 2.45) is 0 Å². The molecule has 0 saturated carbocycles. The first-order valence-electron chi connectivity index (χ1n) is 6.00. The van der Waals surface area contributed by atoms with Gasteiger partial charge in [0, 0.05) is 5.56 Å². The van der Waals surface area contributed by atoms with E-state index in [0.717, 1.165) is 10.2 Å². The number of hydrogen-bond donors (Lipinski definition) is 0. The molecular formula is C16H9FN2S. The highest BCUT2D eigenvalue weighted by Crippen LogP contribution is 2.28. The minimum atomic E-state index is -0.346. The summed E-state index contributed by atoms with van der Waals surface area (Å²) in [6.45, 7) is 0. The molecule has 1 heterocycles. The lowest BCUT2D eigenvalue weighted by atomic mass is 10.1. The highest BCUT2D eigenvalue weighted by atomic mass is 32.1. The topological polar surface area (TPSA) is 36.7 Å². The second-order valence-electron chi connectivity index (χ2n) is 4.18. The fraction of sp³-hybridized carbons (Fsp3) is 0. The standard InChI is InChI=1S/C16H9FN2S/c17-13-6-2-1-5-11(13)9-12(10-18)16-19-14-7-3-4-8-15(14)20-16/h1-9H. The number of aromatic nitrogens is 1. The maximum Gasteiger partial charge on any atom is 0.135 e. The van der Waals surface area contributed by atoms with Crippen molar-refractivity contribution in [3.05, 3.63) is 64.9 Å². The number of para-hydroxylation sites is 1. The molecule has 0 aliphatic heterocycles. The van der Waals surface area contributed by atoms with Crippen molar-refractivity contribution in [3.8, 4) is 6.07 Å². The van der Waals surface area contributed by atoms with E-state index in [-0.39, 0.29) is 5.82 Å². The van der Waals surface area contributed by atoms with E-state index in [1.54, 1.807) is 18.2 Å². The second-order valence-corrected chi connectivity index (χ2v) is 5.21. The van der Waals surface area contributed by atoms with Crippen molar-refractivity contribution in [2.45, 2.75) is 0 Å². The first kappa shape index (κ1) is 12.5. The first-order valence-corrected chi connectivity index (χ1v) is 6.82. The van der Waals surface area contributed by atoms with Gasteiger partial charge in [0.25, 0.3) is 0 Å². The Labute approximate surface area is 119 Å². The van der Waals surface area contributed by atoms with Crippen molar-refractivity contribution < 1.29 is 4.39 Å². The molecule has 0 N–H and O–H groups in total. The number of nitrogens with zero attached hydrogens (tertiary/aromatic N) is 2. The summed E-state index contributed by atoms with van der Waals surface area (Å²) in [5.74, 6) is -0.346. The molecule has 0 atom stereocenters. The fourth-order valence-electron chi connectivity index (χ4n) is 1.88. The third-order valence-electron chi connectivity index (χ3n) is 2.85. The number of nitriles is 1. The summed E-state index contributed by atoms with van der Waals surface area (Å²) in [6, 6.07) is 16.1.